The van der Waals surface area contributed by atoms with E-state index in [-0.39, 0.29) is 5.56 Å². The molecule has 1 aliphatic heterocycles. The van der Waals surface area contributed by atoms with E-state index in [2.05, 4.69) is 5.10 Å². The van der Waals surface area contributed by atoms with Crippen LogP contribution >= 0.6 is 0 Å². The second kappa shape index (κ2) is 4.28. The SMILES string of the molecule is O=C1O[C@H](n2ncc3ccccc3c2=O)c2ccccc21. The Morgan fingerprint density at radius 3 is 2.67 bits per heavy atom. The van der Waals surface area contributed by atoms with Gasteiger partial charge in [0.2, 0.25) is 6.23 Å². The Bertz CT molecular complexity index is 930. The molecule has 21 heavy (non-hydrogen) atoms. The molecule has 0 saturated carbocycles. The standard InChI is InChI=1S/C16H10N2O3/c19-14-11-6-2-1-5-10(11)9-17-18(14)15-12-7-3-4-8-13(12)16(20)21-15/h1-9,15H/t15-/m0/s1. The highest BCUT2D eigenvalue weighted by molar-refractivity contribution is 5.94. The smallest absolute Gasteiger partial charge is 0.340 e. The number of hydrogen-bond acceptors (Lipinski definition) is 4. The number of hydrogen-bond donors (Lipinski definition) is 0. The topological polar surface area (TPSA) is 61.2 Å². The second-order valence-electron chi connectivity index (χ2n) is 4.83. The predicted molar refractivity (Wildman–Crippen MR) is 76.0 cm³/mol. The van der Waals surface area contributed by atoms with Crippen molar-refractivity contribution >= 4 is 16.7 Å². The molecule has 0 bridgehead atoms. The minimum Gasteiger partial charge on any atom is -0.431 e. The molecule has 0 radical (unpaired) electrons. The number of cyclic esters (lactones) is 1. The number of nitrogens with zero attached hydrogens (tertiary/aromatic N) is 2. The normalized spacial score (nSPS) is 16.8. The minimum atomic E-state index is -0.800. The summed E-state index contributed by atoms with van der Waals surface area (Å²) < 4.78 is 6.52. The fraction of sp³-hybridized carbons (Fsp3) is 0.0625. The van der Waals surface area contributed by atoms with Gasteiger partial charge in [-0.3, -0.25) is 4.79 Å². The van der Waals surface area contributed by atoms with Crippen LogP contribution in [0.25, 0.3) is 10.8 Å². The van der Waals surface area contributed by atoms with Gasteiger partial charge in [-0.1, -0.05) is 36.4 Å². The molecule has 0 unspecified atom stereocenters. The van der Waals surface area contributed by atoms with Crippen molar-refractivity contribution in [3.05, 3.63) is 76.2 Å². The van der Waals surface area contributed by atoms with Gasteiger partial charge in [-0.05, 0) is 12.1 Å². The van der Waals surface area contributed by atoms with Crippen molar-refractivity contribution in [3.63, 3.8) is 0 Å². The number of esters is 1. The summed E-state index contributed by atoms with van der Waals surface area (Å²) in [5, 5.41) is 5.46. The molecular weight excluding hydrogens is 268 g/mol. The molecule has 1 aliphatic rings. The van der Waals surface area contributed by atoms with E-state index in [1.807, 2.05) is 12.1 Å². The van der Waals surface area contributed by atoms with Crippen LogP contribution in [0.15, 0.2) is 59.5 Å². The Labute approximate surface area is 119 Å². The molecule has 1 atom stereocenters. The number of fused-ring (bicyclic) bond motifs is 2. The molecular formula is C16H10N2O3. The quantitative estimate of drug-likeness (QED) is 0.640. The summed E-state index contributed by atoms with van der Waals surface area (Å²) in [6, 6.07) is 14.2. The maximum absolute atomic E-state index is 12.5. The third-order valence-electron chi connectivity index (χ3n) is 3.61. The van der Waals surface area contributed by atoms with Gasteiger partial charge in [-0.2, -0.15) is 9.78 Å². The van der Waals surface area contributed by atoms with E-state index in [0.29, 0.717) is 16.5 Å². The first-order chi connectivity index (χ1) is 10.3. The summed E-state index contributed by atoms with van der Waals surface area (Å²) in [5.41, 5.74) is 0.861. The Hall–Kier alpha value is -2.95. The molecule has 0 fully saturated rings. The van der Waals surface area contributed by atoms with Crippen molar-refractivity contribution in [1.82, 2.24) is 9.78 Å². The average molecular weight is 278 g/mol. The molecule has 4 rings (SSSR count). The van der Waals surface area contributed by atoms with Gasteiger partial charge in [-0.15, -0.1) is 0 Å². The molecule has 0 spiro atoms. The van der Waals surface area contributed by atoms with Crippen molar-refractivity contribution in [2.24, 2.45) is 0 Å². The third-order valence-corrected chi connectivity index (χ3v) is 3.61. The first-order valence-electron chi connectivity index (χ1n) is 6.52. The van der Waals surface area contributed by atoms with E-state index in [9.17, 15) is 9.59 Å². The molecule has 5 nitrogen and oxygen atoms in total. The van der Waals surface area contributed by atoms with Gasteiger partial charge < -0.3 is 4.74 Å². The van der Waals surface area contributed by atoms with Crippen LogP contribution in [0, 0.1) is 0 Å². The molecule has 0 N–H and O–H groups in total. The van der Waals surface area contributed by atoms with Crippen molar-refractivity contribution < 1.29 is 9.53 Å². The van der Waals surface area contributed by atoms with E-state index in [1.165, 1.54) is 4.68 Å². The van der Waals surface area contributed by atoms with E-state index >= 15 is 0 Å². The summed E-state index contributed by atoms with van der Waals surface area (Å²) in [6.07, 6.45) is 0.803. The molecule has 2 aromatic carbocycles. The summed E-state index contributed by atoms with van der Waals surface area (Å²) in [4.78, 5) is 24.4. The fourth-order valence-corrected chi connectivity index (χ4v) is 2.58. The van der Waals surface area contributed by atoms with Crippen molar-refractivity contribution in [2.45, 2.75) is 6.23 Å². The first-order valence-corrected chi connectivity index (χ1v) is 6.52. The summed E-state index contributed by atoms with van der Waals surface area (Å²) >= 11 is 0. The Morgan fingerprint density at radius 1 is 1.00 bits per heavy atom. The molecule has 3 aromatic rings. The van der Waals surface area contributed by atoms with E-state index < -0.39 is 12.2 Å². The first kappa shape index (κ1) is 11.8. The molecule has 5 heteroatoms. The van der Waals surface area contributed by atoms with Crippen molar-refractivity contribution in [2.75, 3.05) is 0 Å². The maximum atomic E-state index is 12.5. The van der Waals surface area contributed by atoms with Crippen LogP contribution in [-0.2, 0) is 4.74 Å². The summed E-state index contributed by atoms with van der Waals surface area (Å²) in [5.74, 6) is -0.433. The highest BCUT2D eigenvalue weighted by atomic mass is 16.6. The highest BCUT2D eigenvalue weighted by Gasteiger charge is 2.33. The number of carbonyl (C=O) groups excluding carboxylic acids is 1. The lowest BCUT2D eigenvalue weighted by Crippen LogP contribution is -2.28. The number of carbonyl (C=O) groups is 1. The molecule has 0 saturated heterocycles. The average Bonchev–Trinajstić information content (AvgIpc) is 2.86. The number of aromatic nitrogens is 2. The predicted octanol–water partition coefficient (Wildman–Crippen LogP) is 2.11. The molecule has 0 aliphatic carbocycles. The van der Waals surface area contributed by atoms with Gasteiger partial charge in [0.05, 0.1) is 17.1 Å². The highest BCUT2D eigenvalue weighted by Crippen LogP contribution is 2.30. The van der Waals surface area contributed by atoms with Crippen LogP contribution in [0.5, 0.6) is 0 Å². The van der Waals surface area contributed by atoms with Crippen LogP contribution in [0.3, 0.4) is 0 Å². The number of ether oxygens (including phenoxy) is 1. The van der Waals surface area contributed by atoms with Crippen LogP contribution in [0.2, 0.25) is 0 Å². The van der Waals surface area contributed by atoms with Crippen LogP contribution in [0.1, 0.15) is 22.1 Å². The molecule has 0 amide bonds. The summed E-state index contributed by atoms with van der Waals surface area (Å²) in [6.45, 7) is 0. The van der Waals surface area contributed by atoms with Gasteiger partial charge in [0, 0.05) is 10.9 Å². The lowest BCUT2D eigenvalue weighted by atomic mass is 10.1. The fourth-order valence-electron chi connectivity index (χ4n) is 2.58. The second-order valence-corrected chi connectivity index (χ2v) is 4.83. The molecule has 102 valence electrons. The lowest BCUT2D eigenvalue weighted by molar-refractivity contribution is 0.0279. The van der Waals surface area contributed by atoms with Crippen molar-refractivity contribution in [3.8, 4) is 0 Å². The van der Waals surface area contributed by atoms with Gasteiger partial charge in [0.15, 0.2) is 0 Å². The Morgan fingerprint density at radius 2 is 1.76 bits per heavy atom. The monoisotopic (exact) mass is 278 g/mol. The summed E-state index contributed by atoms with van der Waals surface area (Å²) in [7, 11) is 0. The zero-order valence-corrected chi connectivity index (χ0v) is 10.9. The van der Waals surface area contributed by atoms with Crippen molar-refractivity contribution in [1.29, 1.82) is 0 Å². The van der Waals surface area contributed by atoms with Crippen LogP contribution in [0.4, 0.5) is 0 Å². The lowest BCUT2D eigenvalue weighted by Gasteiger charge is -2.13. The maximum Gasteiger partial charge on any atom is 0.340 e. The van der Waals surface area contributed by atoms with Gasteiger partial charge in [0.25, 0.3) is 5.56 Å². The van der Waals surface area contributed by atoms with Gasteiger partial charge >= 0.3 is 5.97 Å². The zero-order valence-electron chi connectivity index (χ0n) is 10.9. The Kier molecular flexibility index (Phi) is 2.41. The number of benzene rings is 2. The molecule has 1 aromatic heterocycles. The molecule has 2 heterocycles. The van der Waals surface area contributed by atoms with Gasteiger partial charge in [0.1, 0.15) is 0 Å². The van der Waals surface area contributed by atoms with Crippen LogP contribution in [-0.4, -0.2) is 15.7 Å². The van der Waals surface area contributed by atoms with Crippen LogP contribution < -0.4 is 5.56 Å². The van der Waals surface area contributed by atoms with E-state index in [4.69, 9.17) is 4.74 Å². The van der Waals surface area contributed by atoms with E-state index in [1.54, 1.807) is 42.6 Å². The zero-order chi connectivity index (χ0) is 14.4. The van der Waals surface area contributed by atoms with E-state index in [0.717, 1.165) is 5.39 Å². The minimum absolute atomic E-state index is 0.275. The van der Waals surface area contributed by atoms with Gasteiger partial charge in [-0.25, -0.2) is 4.79 Å². The number of rotatable bonds is 1. The third kappa shape index (κ3) is 1.67. The largest absolute Gasteiger partial charge is 0.431 e. The Balaban J connectivity index is 1.95.